The Balaban J connectivity index is 0.000000415. The van der Waals surface area contributed by atoms with Crippen LogP contribution in [0.1, 0.15) is 39.3 Å². The van der Waals surface area contributed by atoms with Gasteiger partial charge in [0.05, 0.1) is 6.07 Å². The van der Waals surface area contributed by atoms with Crippen LogP contribution in [0.2, 0.25) is 0 Å². The van der Waals surface area contributed by atoms with E-state index in [0.29, 0.717) is 12.0 Å². The molecular weight excluding hydrogens is 228 g/mol. The van der Waals surface area contributed by atoms with Crippen molar-refractivity contribution in [3.63, 3.8) is 0 Å². The molecule has 4 nitrogen and oxygen atoms in total. The predicted molar refractivity (Wildman–Crippen MR) is 73.4 cm³/mol. The van der Waals surface area contributed by atoms with Crippen LogP contribution >= 0.6 is 0 Å². The number of aromatic nitrogens is 1. The normalized spacial score (nSPS) is 9.83. The van der Waals surface area contributed by atoms with Crippen LogP contribution in [0.25, 0.3) is 5.71 Å². The highest BCUT2D eigenvalue weighted by Crippen LogP contribution is 2.11. The Bertz CT molecular complexity index is 433. The quantitative estimate of drug-likeness (QED) is 0.765. The van der Waals surface area contributed by atoms with Gasteiger partial charge in [-0.2, -0.15) is 0 Å². The number of aliphatic hydroxyl groups excluding tert-OH is 1. The Labute approximate surface area is 109 Å². The molecule has 2 aromatic rings. The van der Waals surface area contributed by atoms with Crippen LogP contribution in [0.4, 0.5) is 0 Å². The minimum absolute atomic E-state index is 0.333. The average Bonchev–Trinajstić information content (AvgIpc) is 2.74. The zero-order valence-electron chi connectivity index (χ0n) is 11.9. The lowest BCUT2D eigenvalue weighted by Gasteiger charge is -1.91. The first-order chi connectivity index (χ1) is 8.52. The van der Waals surface area contributed by atoms with Gasteiger partial charge in [-0.3, -0.25) is 0 Å². The summed E-state index contributed by atoms with van der Waals surface area (Å²) >= 11 is 0. The maximum Gasteiger partial charge on any atom is 0.378 e. The summed E-state index contributed by atoms with van der Waals surface area (Å²) in [6.07, 6.45) is 3.84. The summed E-state index contributed by atoms with van der Waals surface area (Å²) in [6.45, 7) is 8.20. The van der Waals surface area contributed by atoms with Crippen molar-refractivity contribution in [1.82, 2.24) is 0 Å². The Kier molecular flexibility index (Phi) is 8.00. The van der Waals surface area contributed by atoms with Crippen molar-refractivity contribution in [1.29, 1.82) is 0 Å². The Hall–Kier alpha value is -1.39. The van der Waals surface area contributed by atoms with Crippen molar-refractivity contribution in [2.45, 2.75) is 39.7 Å². The molecule has 0 saturated carbocycles. The molecule has 2 heterocycles. The summed E-state index contributed by atoms with van der Waals surface area (Å²) in [5, 5.41) is 7.00. The van der Waals surface area contributed by atoms with Crippen molar-refractivity contribution in [3.8, 4) is 0 Å². The Morgan fingerprint density at radius 2 is 1.72 bits per heavy atom. The number of nitrogens with zero attached hydrogens (tertiary/aromatic N) is 1. The number of hydrogen-bond acceptors (Lipinski definition) is 3. The zero-order chi connectivity index (χ0) is 14.1. The van der Waals surface area contributed by atoms with E-state index in [1.165, 1.54) is 5.69 Å². The number of pyridine rings is 1. The Morgan fingerprint density at radius 3 is 2.22 bits per heavy atom. The first kappa shape index (κ1) is 16.6. The van der Waals surface area contributed by atoms with Crippen LogP contribution in [0.3, 0.4) is 0 Å². The van der Waals surface area contributed by atoms with Crippen LogP contribution in [0.15, 0.2) is 35.1 Å². The highest BCUT2D eigenvalue weighted by Gasteiger charge is 2.16. The van der Waals surface area contributed by atoms with Gasteiger partial charge >= 0.3 is 5.71 Å². The third kappa shape index (κ3) is 5.29. The van der Waals surface area contributed by atoms with E-state index in [9.17, 15) is 0 Å². The summed E-state index contributed by atoms with van der Waals surface area (Å²) in [5.41, 5.74) is 7.23. The van der Waals surface area contributed by atoms with Crippen molar-refractivity contribution >= 4 is 5.71 Å². The van der Waals surface area contributed by atoms with Crippen molar-refractivity contribution < 1.29 is 13.9 Å². The van der Waals surface area contributed by atoms with Crippen molar-refractivity contribution in [2.24, 2.45) is 5.73 Å². The second-order valence-corrected chi connectivity index (χ2v) is 4.47. The van der Waals surface area contributed by atoms with Gasteiger partial charge < -0.3 is 15.3 Å². The number of fused-ring (bicyclic) bond motifs is 1. The number of oxazole rings is 1. The van der Waals surface area contributed by atoms with Gasteiger partial charge in [0.1, 0.15) is 0 Å². The predicted octanol–water partition coefficient (Wildman–Crippen LogP) is 2.10. The molecule has 0 aliphatic carbocycles. The summed E-state index contributed by atoms with van der Waals surface area (Å²) in [7, 11) is 1.00. The number of aliphatic hydroxyl groups is 1. The maximum atomic E-state index is 7.00. The van der Waals surface area contributed by atoms with E-state index < -0.39 is 0 Å². The van der Waals surface area contributed by atoms with Crippen LogP contribution in [-0.4, -0.2) is 18.3 Å². The molecule has 0 spiro atoms. The third-order valence-corrected chi connectivity index (χ3v) is 1.99. The second-order valence-electron chi connectivity index (χ2n) is 4.47. The van der Waals surface area contributed by atoms with Gasteiger partial charge in [0, 0.05) is 19.1 Å². The molecule has 2 aromatic heterocycles. The third-order valence-electron chi connectivity index (χ3n) is 1.99. The van der Waals surface area contributed by atoms with Crippen LogP contribution in [-0.2, 0) is 0 Å². The molecule has 0 aliphatic rings. The molecule has 102 valence electrons. The SMILES string of the molecule is CC(C)N.CC(C)c1coc2cccc[n+]12.CO. The summed E-state index contributed by atoms with van der Waals surface area (Å²) in [5.74, 6) is 0.499. The molecule has 0 atom stereocenters. The molecule has 2 rings (SSSR count). The average molecular weight is 253 g/mol. The van der Waals surface area contributed by atoms with Gasteiger partial charge in [-0.1, -0.05) is 27.7 Å². The topological polar surface area (TPSA) is 63.5 Å². The maximum absolute atomic E-state index is 7.00. The van der Waals surface area contributed by atoms with Crippen molar-refractivity contribution in [3.05, 3.63) is 36.4 Å². The summed E-state index contributed by atoms with van der Waals surface area (Å²) in [4.78, 5) is 0. The first-order valence-electron chi connectivity index (χ1n) is 6.10. The second kappa shape index (κ2) is 8.66. The summed E-state index contributed by atoms with van der Waals surface area (Å²) in [6, 6.07) is 6.28. The minimum Gasteiger partial charge on any atom is -0.406 e. The van der Waals surface area contributed by atoms with Gasteiger partial charge in [0.15, 0.2) is 12.5 Å². The molecule has 0 saturated heterocycles. The lowest BCUT2D eigenvalue weighted by Crippen LogP contribution is -2.23. The monoisotopic (exact) mass is 253 g/mol. The highest BCUT2D eigenvalue weighted by molar-refractivity contribution is 5.24. The van der Waals surface area contributed by atoms with Gasteiger partial charge in [0.2, 0.25) is 5.69 Å². The number of hydrogen-bond donors (Lipinski definition) is 2. The van der Waals surface area contributed by atoms with Gasteiger partial charge in [-0.25, -0.2) is 0 Å². The largest absolute Gasteiger partial charge is 0.406 e. The zero-order valence-corrected chi connectivity index (χ0v) is 11.9. The highest BCUT2D eigenvalue weighted by atomic mass is 16.3. The lowest BCUT2D eigenvalue weighted by molar-refractivity contribution is -0.524. The van der Waals surface area contributed by atoms with E-state index in [1.807, 2.05) is 44.5 Å². The van der Waals surface area contributed by atoms with E-state index in [0.717, 1.165) is 12.8 Å². The van der Waals surface area contributed by atoms with Crippen molar-refractivity contribution in [2.75, 3.05) is 7.11 Å². The van der Waals surface area contributed by atoms with Crippen LogP contribution in [0, 0.1) is 0 Å². The fraction of sp³-hybridized carbons (Fsp3) is 0.500. The molecule has 18 heavy (non-hydrogen) atoms. The first-order valence-corrected chi connectivity index (χ1v) is 6.10. The molecule has 0 fully saturated rings. The smallest absolute Gasteiger partial charge is 0.378 e. The standard InChI is InChI=1S/C10H12NO.C3H9N.CH4O/c1-8(2)9-7-12-10-5-3-4-6-11(9)10;1-3(2)4;1-2/h3-8H,1-2H3;3H,4H2,1-2H3;2H,1H3/q+1;;. The molecule has 0 aliphatic heterocycles. The van der Waals surface area contributed by atoms with E-state index >= 15 is 0 Å². The molecular formula is C14H25N2O2+. The lowest BCUT2D eigenvalue weighted by atomic mass is 10.1. The molecule has 0 aromatic carbocycles. The number of nitrogens with two attached hydrogens (primary N) is 1. The van der Waals surface area contributed by atoms with E-state index in [2.05, 4.69) is 18.2 Å². The minimum atomic E-state index is 0.333. The molecule has 0 unspecified atom stereocenters. The van der Waals surface area contributed by atoms with Crippen LogP contribution in [0.5, 0.6) is 0 Å². The number of rotatable bonds is 1. The fourth-order valence-corrected chi connectivity index (χ4v) is 1.33. The molecule has 0 bridgehead atoms. The molecule has 0 radical (unpaired) electrons. The van der Waals surface area contributed by atoms with E-state index in [-0.39, 0.29) is 0 Å². The Morgan fingerprint density at radius 1 is 1.17 bits per heavy atom. The van der Waals surface area contributed by atoms with Gasteiger partial charge in [0.25, 0.3) is 0 Å². The van der Waals surface area contributed by atoms with Gasteiger partial charge in [-0.05, 0) is 12.1 Å². The fourth-order valence-electron chi connectivity index (χ4n) is 1.33. The van der Waals surface area contributed by atoms with E-state index in [1.54, 1.807) is 0 Å². The molecule has 3 N–H and O–H groups in total. The van der Waals surface area contributed by atoms with E-state index in [4.69, 9.17) is 15.3 Å². The molecule has 0 amide bonds. The molecule has 4 heteroatoms. The van der Waals surface area contributed by atoms with Gasteiger partial charge in [-0.15, -0.1) is 4.40 Å². The summed E-state index contributed by atoms with van der Waals surface area (Å²) < 4.78 is 7.45. The van der Waals surface area contributed by atoms with Crippen LogP contribution < -0.4 is 10.1 Å².